The zero-order valence-corrected chi connectivity index (χ0v) is 9.95. The van der Waals surface area contributed by atoms with Gasteiger partial charge in [-0.2, -0.15) is 0 Å². The Labute approximate surface area is 99.3 Å². The molecule has 1 heterocycles. The summed E-state index contributed by atoms with van der Waals surface area (Å²) in [5.74, 6) is -0.306. The molecule has 0 bridgehead atoms. The van der Waals surface area contributed by atoms with Crippen LogP contribution in [0.1, 0.15) is 19.4 Å². The van der Waals surface area contributed by atoms with Crippen LogP contribution in [0.3, 0.4) is 0 Å². The van der Waals surface area contributed by atoms with Crippen molar-refractivity contribution in [2.75, 3.05) is 6.61 Å². The van der Waals surface area contributed by atoms with Crippen LogP contribution in [0, 0.1) is 0 Å². The summed E-state index contributed by atoms with van der Waals surface area (Å²) in [6, 6.07) is 7.29. The van der Waals surface area contributed by atoms with E-state index in [2.05, 4.69) is 0 Å². The number of rotatable bonds is 3. The third kappa shape index (κ3) is 1.93. The minimum atomic E-state index is -0.559. The summed E-state index contributed by atoms with van der Waals surface area (Å²) in [5, 5.41) is 0.667. The molecule has 0 spiro atoms. The second-order valence-electron chi connectivity index (χ2n) is 3.86. The van der Waals surface area contributed by atoms with Gasteiger partial charge in [-0.3, -0.25) is 0 Å². The van der Waals surface area contributed by atoms with Gasteiger partial charge in [0.2, 0.25) is 0 Å². The van der Waals surface area contributed by atoms with Crippen molar-refractivity contribution in [3.05, 3.63) is 34.9 Å². The third-order valence-corrected chi connectivity index (χ3v) is 2.98. The fourth-order valence-electron chi connectivity index (χ4n) is 1.70. The van der Waals surface area contributed by atoms with Crippen molar-refractivity contribution in [3.63, 3.8) is 0 Å². The van der Waals surface area contributed by atoms with E-state index < -0.39 is 11.7 Å². The number of esters is 1. The number of benzene rings is 1. The molecule has 4 heteroatoms. The standard InChI is InChI=1S/C12H13ClO3/c1-3-15-11(14)10-12(2,16-10)8-4-6-9(13)7-5-8/h4-7,10H,3H2,1-2H3/t10-,12-/m0/s1. The summed E-state index contributed by atoms with van der Waals surface area (Å²) in [4.78, 5) is 11.5. The first-order chi connectivity index (χ1) is 7.58. The number of hydrogen-bond donors (Lipinski definition) is 0. The van der Waals surface area contributed by atoms with Crippen LogP contribution in [0.4, 0.5) is 0 Å². The van der Waals surface area contributed by atoms with Crippen LogP contribution in [-0.4, -0.2) is 18.7 Å². The Morgan fingerprint density at radius 3 is 2.69 bits per heavy atom. The van der Waals surface area contributed by atoms with Crippen molar-refractivity contribution >= 4 is 17.6 Å². The number of halogens is 1. The van der Waals surface area contributed by atoms with Crippen LogP contribution < -0.4 is 0 Å². The smallest absolute Gasteiger partial charge is 0.338 e. The summed E-state index contributed by atoms with van der Waals surface area (Å²) in [6.07, 6.45) is -0.492. The average molecular weight is 241 g/mol. The molecule has 0 radical (unpaired) electrons. The highest BCUT2D eigenvalue weighted by Crippen LogP contribution is 2.46. The summed E-state index contributed by atoms with van der Waals surface area (Å²) in [7, 11) is 0. The normalized spacial score (nSPS) is 27.6. The molecular formula is C12H13ClO3. The highest BCUT2D eigenvalue weighted by atomic mass is 35.5. The second-order valence-corrected chi connectivity index (χ2v) is 4.30. The number of carbonyl (C=O) groups is 1. The minimum Gasteiger partial charge on any atom is -0.464 e. The monoisotopic (exact) mass is 240 g/mol. The molecule has 1 aliphatic rings. The van der Waals surface area contributed by atoms with E-state index in [4.69, 9.17) is 21.1 Å². The average Bonchev–Trinajstić information content (AvgIpc) is 2.93. The maximum absolute atomic E-state index is 11.5. The topological polar surface area (TPSA) is 38.8 Å². The lowest BCUT2D eigenvalue weighted by molar-refractivity contribution is -0.144. The maximum atomic E-state index is 11.5. The largest absolute Gasteiger partial charge is 0.464 e. The van der Waals surface area contributed by atoms with Gasteiger partial charge in [-0.05, 0) is 31.5 Å². The van der Waals surface area contributed by atoms with E-state index in [1.54, 1.807) is 19.1 Å². The van der Waals surface area contributed by atoms with Crippen molar-refractivity contribution < 1.29 is 14.3 Å². The first-order valence-corrected chi connectivity index (χ1v) is 5.56. The Bertz CT molecular complexity index is 401. The molecule has 0 unspecified atom stereocenters. The summed E-state index contributed by atoms with van der Waals surface area (Å²) in [5.41, 5.74) is 0.381. The number of epoxide rings is 1. The van der Waals surface area contributed by atoms with Gasteiger partial charge >= 0.3 is 5.97 Å². The predicted octanol–water partition coefficient (Wildman–Crippen LogP) is 2.52. The lowest BCUT2D eigenvalue weighted by Crippen LogP contribution is -2.18. The maximum Gasteiger partial charge on any atom is 0.338 e. The van der Waals surface area contributed by atoms with Crippen molar-refractivity contribution in [2.24, 2.45) is 0 Å². The first kappa shape index (κ1) is 11.4. The van der Waals surface area contributed by atoms with Gasteiger partial charge in [0.15, 0.2) is 6.10 Å². The summed E-state index contributed by atoms with van der Waals surface area (Å²) >= 11 is 5.80. The summed E-state index contributed by atoms with van der Waals surface area (Å²) < 4.78 is 10.3. The molecule has 0 aromatic heterocycles. The van der Waals surface area contributed by atoms with E-state index in [0.29, 0.717) is 11.6 Å². The van der Waals surface area contributed by atoms with E-state index >= 15 is 0 Å². The zero-order valence-electron chi connectivity index (χ0n) is 9.20. The van der Waals surface area contributed by atoms with Crippen LogP contribution in [0.15, 0.2) is 24.3 Å². The van der Waals surface area contributed by atoms with Crippen molar-refractivity contribution in [2.45, 2.75) is 25.6 Å². The molecule has 1 fully saturated rings. The lowest BCUT2D eigenvalue weighted by atomic mass is 9.97. The van der Waals surface area contributed by atoms with Crippen LogP contribution in [0.25, 0.3) is 0 Å². The van der Waals surface area contributed by atoms with Gasteiger partial charge in [-0.1, -0.05) is 23.7 Å². The molecule has 3 nitrogen and oxygen atoms in total. The van der Waals surface area contributed by atoms with Crippen LogP contribution in [0.5, 0.6) is 0 Å². The molecule has 1 saturated heterocycles. The Morgan fingerprint density at radius 2 is 2.12 bits per heavy atom. The third-order valence-electron chi connectivity index (χ3n) is 2.72. The zero-order chi connectivity index (χ0) is 11.8. The molecule has 16 heavy (non-hydrogen) atoms. The van der Waals surface area contributed by atoms with Gasteiger partial charge in [0, 0.05) is 5.02 Å². The number of ether oxygens (including phenoxy) is 2. The Hall–Kier alpha value is -1.06. The van der Waals surface area contributed by atoms with Crippen LogP contribution in [0.2, 0.25) is 5.02 Å². The molecule has 0 amide bonds. The Morgan fingerprint density at radius 1 is 1.50 bits per heavy atom. The van der Waals surface area contributed by atoms with E-state index in [1.165, 1.54) is 0 Å². The van der Waals surface area contributed by atoms with Gasteiger partial charge in [0.1, 0.15) is 5.60 Å². The Balaban J connectivity index is 2.12. The first-order valence-electron chi connectivity index (χ1n) is 5.18. The SMILES string of the molecule is CCOC(=O)[C@@H]1O[C@@]1(C)c1ccc(Cl)cc1. The molecule has 0 N–H and O–H groups in total. The van der Waals surface area contributed by atoms with E-state index in [-0.39, 0.29) is 5.97 Å². The van der Waals surface area contributed by atoms with Crippen molar-refractivity contribution in [1.29, 1.82) is 0 Å². The molecule has 1 aromatic carbocycles. The van der Waals surface area contributed by atoms with E-state index in [0.717, 1.165) is 5.56 Å². The van der Waals surface area contributed by atoms with Gasteiger partial charge in [0.25, 0.3) is 0 Å². The molecular weight excluding hydrogens is 228 g/mol. The predicted molar refractivity (Wildman–Crippen MR) is 60.3 cm³/mol. The number of carbonyl (C=O) groups excluding carboxylic acids is 1. The van der Waals surface area contributed by atoms with Gasteiger partial charge < -0.3 is 9.47 Å². The highest BCUT2D eigenvalue weighted by molar-refractivity contribution is 6.30. The van der Waals surface area contributed by atoms with Crippen molar-refractivity contribution in [3.8, 4) is 0 Å². The van der Waals surface area contributed by atoms with Gasteiger partial charge in [-0.25, -0.2) is 4.79 Å². The fraction of sp³-hybridized carbons (Fsp3) is 0.417. The summed E-state index contributed by atoms with van der Waals surface area (Å²) in [6.45, 7) is 4.02. The van der Waals surface area contributed by atoms with E-state index in [1.807, 2.05) is 19.1 Å². The molecule has 2 atom stereocenters. The van der Waals surface area contributed by atoms with Gasteiger partial charge in [-0.15, -0.1) is 0 Å². The Kier molecular flexibility index (Phi) is 2.91. The van der Waals surface area contributed by atoms with Crippen LogP contribution in [-0.2, 0) is 19.9 Å². The van der Waals surface area contributed by atoms with Crippen molar-refractivity contribution in [1.82, 2.24) is 0 Å². The lowest BCUT2D eigenvalue weighted by Gasteiger charge is -2.06. The molecule has 1 aliphatic heterocycles. The molecule has 0 saturated carbocycles. The van der Waals surface area contributed by atoms with E-state index in [9.17, 15) is 4.79 Å². The fourth-order valence-corrected chi connectivity index (χ4v) is 1.83. The minimum absolute atomic E-state index is 0.306. The quantitative estimate of drug-likeness (QED) is 0.602. The molecule has 2 rings (SSSR count). The van der Waals surface area contributed by atoms with Crippen LogP contribution >= 0.6 is 11.6 Å². The second kappa shape index (κ2) is 4.07. The van der Waals surface area contributed by atoms with Gasteiger partial charge in [0.05, 0.1) is 6.61 Å². The molecule has 86 valence electrons. The molecule has 0 aliphatic carbocycles. The molecule has 1 aromatic rings. The highest BCUT2D eigenvalue weighted by Gasteiger charge is 2.59. The number of hydrogen-bond acceptors (Lipinski definition) is 3.